The lowest BCUT2D eigenvalue weighted by Crippen LogP contribution is -2.41. The fourth-order valence-corrected chi connectivity index (χ4v) is 2.08. The SMILES string of the molecule is CCCCCC(=O)NNC(=O)c1ccc(NC(=O)CC(C)C)cc1. The van der Waals surface area contributed by atoms with Crippen LogP contribution in [0.4, 0.5) is 5.69 Å². The monoisotopic (exact) mass is 333 g/mol. The van der Waals surface area contributed by atoms with Crippen LogP contribution in [0.3, 0.4) is 0 Å². The lowest BCUT2D eigenvalue weighted by molar-refractivity contribution is -0.122. The van der Waals surface area contributed by atoms with Crippen LogP contribution in [0.5, 0.6) is 0 Å². The minimum atomic E-state index is -0.390. The molecule has 0 saturated heterocycles. The first-order valence-corrected chi connectivity index (χ1v) is 8.41. The number of unbranched alkanes of at least 4 members (excludes halogenated alkanes) is 2. The van der Waals surface area contributed by atoms with Crippen molar-refractivity contribution in [2.24, 2.45) is 5.92 Å². The summed E-state index contributed by atoms with van der Waals surface area (Å²) < 4.78 is 0. The molecular weight excluding hydrogens is 306 g/mol. The lowest BCUT2D eigenvalue weighted by Gasteiger charge is -2.09. The maximum Gasteiger partial charge on any atom is 0.269 e. The van der Waals surface area contributed by atoms with Gasteiger partial charge in [0, 0.05) is 24.1 Å². The van der Waals surface area contributed by atoms with E-state index in [4.69, 9.17) is 0 Å². The van der Waals surface area contributed by atoms with E-state index in [1.165, 1.54) is 0 Å². The van der Waals surface area contributed by atoms with E-state index in [1.54, 1.807) is 24.3 Å². The molecule has 1 aromatic rings. The van der Waals surface area contributed by atoms with E-state index in [1.807, 2.05) is 13.8 Å². The molecule has 3 N–H and O–H groups in total. The normalized spacial score (nSPS) is 10.3. The Morgan fingerprint density at radius 2 is 1.62 bits per heavy atom. The Morgan fingerprint density at radius 1 is 0.958 bits per heavy atom. The van der Waals surface area contributed by atoms with Crippen molar-refractivity contribution in [3.05, 3.63) is 29.8 Å². The van der Waals surface area contributed by atoms with Crippen LogP contribution >= 0.6 is 0 Å². The summed E-state index contributed by atoms with van der Waals surface area (Å²) in [5, 5.41) is 2.78. The summed E-state index contributed by atoms with van der Waals surface area (Å²) in [6.07, 6.45) is 3.69. The van der Waals surface area contributed by atoms with E-state index in [0.717, 1.165) is 19.3 Å². The molecule has 0 aromatic heterocycles. The number of rotatable bonds is 8. The van der Waals surface area contributed by atoms with Gasteiger partial charge in [0.25, 0.3) is 5.91 Å². The number of amides is 3. The molecule has 0 aliphatic rings. The van der Waals surface area contributed by atoms with Gasteiger partial charge in [0.15, 0.2) is 0 Å². The van der Waals surface area contributed by atoms with Crippen molar-refractivity contribution in [2.75, 3.05) is 5.32 Å². The van der Waals surface area contributed by atoms with Crippen molar-refractivity contribution in [2.45, 2.75) is 52.9 Å². The van der Waals surface area contributed by atoms with E-state index in [-0.39, 0.29) is 23.6 Å². The highest BCUT2D eigenvalue weighted by atomic mass is 16.2. The fraction of sp³-hybridized carbons (Fsp3) is 0.500. The molecule has 0 aliphatic heterocycles. The van der Waals surface area contributed by atoms with E-state index in [9.17, 15) is 14.4 Å². The Balaban J connectivity index is 2.43. The quantitative estimate of drug-likeness (QED) is 0.505. The molecule has 1 rings (SSSR count). The predicted molar refractivity (Wildman–Crippen MR) is 94.3 cm³/mol. The summed E-state index contributed by atoms with van der Waals surface area (Å²) >= 11 is 0. The third kappa shape index (κ3) is 7.76. The molecule has 6 nitrogen and oxygen atoms in total. The number of hydrazine groups is 1. The molecule has 3 amide bonds. The van der Waals surface area contributed by atoms with Crippen molar-refractivity contribution in [3.63, 3.8) is 0 Å². The Hall–Kier alpha value is -2.37. The van der Waals surface area contributed by atoms with Gasteiger partial charge in [-0.05, 0) is 36.6 Å². The second-order valence-corrected chi connectivity index (χ2v) is 6.18. The van der Waals surface area contributed by atoms with Gasteiger partial charge in [-0.15, -0.1) is 0 Å². The van der Waals surface area contributed by atoms with Gasteiger partial charge in [0.1, 0.15) is 0 Å². The maximum atomic E-state index is 11.9. The highest BCUT2D eigenvalue weighted by molar-refractivity contribution is 5.96. The van der Waals surface area contributed by atoms with Crippen molar-refractivity contribution >= 4 is 23.4 Å². The van der Waals surface area contributed by atoms with Crippen molar-refractivity contribution in [3.8, 4) is 0 Å². The van der Waals surface area contributed by atoms with E-state index in [2.05, 4.69) is 23.1 Å². The molecule has 0 unspecified atom stereocenters. The molecule has 0 heterocycles. The standard InChI is InChI=1S/C18H27N3O3/c1-4-5-6-7-16(22)20-21-18(24)14-8-10-15(11-9-14)19-17(23)12-13(2)3/h8-11,13H,4-7,12H2,1-3H3,(H,19,23)(H,20,22)(H,21,24). The number of anilines is 1. The average molecular weight is 333 g/mol. The summed E-state index contributed by atoms with van der Waals surface area (Å²) in [7, 11) is 0. The fourth-order valence-electron chi connectivity index (χ4n) is 2.08. The first kappa shape index (κ1) is 19.7. The van der Waals surface area contributed by atoms with Crippen molar-refractivity contribution < 1.29 is 14.4 Å². The van der Waals surface area contributed by atoms with Gasteiger partial charge in [0.05, 0.1) is 0 Å². The summed E-state index contributed by atoms with van der Waals surface area (Å²) in [5.41, 5.74) is 5.83. The van der Waals surface area contributed by atoms with Gasteiger partial charge in [-0.1, -0.05) is 33.6 Å². The van der Waals surface area contributed by atoms with Gasteiger partial charge in [-0.2, -0.15) is 0 Å². The second-order valence-electron chi connectivity index (χ2n) is 6.18. The van der Waals surface area contributed by atoms with Crippen LogP contribution in [0.2, 0.25) is 0 Å². The summed E-state index contributed by atoms with van der Waals surface area (Å²) in [6.45, 7) is 6.02. The highest BCUT2D eigenvalue weighted by Gasteiger charge is 2.09. The molecule has 0 atom stereocenters. The Morgan fingerprint density at radius 3 is 2.21 bits per heavy atom. The minimum Gasteiger partial charge on any atom is -0.326 e. The van der Waals surface area contributed by atoms with Crippen LogP contribution in [0, 0.1) is 5.92 Å². The molecule has 0 spiro atoms. The van der Waals surface area contributed by atoms with Gasteiger partial charge in [0.2, 0.25) is 11.8 Å². The molecule has 0 fully saturated rings. The molecule has 0 bridgehead atoms. The van der Waals surface area contributed by atoms with Gasteiger partial charge >= 0.3 is 0 Å². The largest absolute Gasteiger partial charge is 0.326 e. The third-order valence-corrected chi connectivity index (χ3v) is 3.35. The Bertz CT molecular complexity index is 553. The zero-order valence-corrected chi connectivity index (χ0v) is 14.6. The van der Waals surface area contributed by atoms with Crippen LogP contribution < -0.4 is 16.2 Å². The number of benzene rings is 1. The molecule has 0 aliphatic carbocycles. The van der Waals surface area contributed by atoms with E-state index >= 15 is 0 Å². The smallest absolute Gasteiger partial charge is 0.269 e. The topological polar surface area (TPSA) is 87.3 Å². The number of hydrogen-bond acceptors (Lipinski definition) is 3. The molecule has 24 heavy (non-hydrogen) atoms. The van der Waals surface area contributed by atoms with Gasteiger partial charge in [-0.3, -0.25) is 25.2 Å². The Labute approximate surface area is 143 Å². The lowest BCUT2D eigenvalue weighted by atomic mass is 10.1. The van der Waals surface area contributed by atoms with Crippen LogP contribution in [0.1, 0.15) is 63.2 Å². The zero-order valence-electron chi connectivity index (χ0n) is 14.6. The van der Waals surface area contributed by atoms with Crippen LogP contribution in [0.25, 0.3) is 0 Å². The second kappa shape index (κ2) is 10.4. The third-order valence-electron chi connectivity index (χ3n) is 3.35. The first-order chi connectivity index (χ1) is 11.4. The van der Waals surface area contributed by atoms with Crippen LogP contribution in [0.15, 0.2) is 24.3 Å². The molecule has 6 heteroatoms. The Kier molecular flexibility index (Phi) is 8.54. The molecular formula is C18H27N3O3. The molecule has 0 saturated carbocycles. The summed E-state index contributed by atoms with van der Waals surface area (Å²) in [5.74, 6) is -0.356. The van der Waals surface area contributed by atoms with Gasteiger partial charge in [-0.25, -0.2) is 0 Å². The van der Waals surface area contributed by atoms with Crippen molar-refractivity contribution in [1.82, 2.24) is 10.9 Å². The number of nitrogens with one attached hydrogen (secondary N) is 3. The van der Waals surface area contributed by atoms with Crippen molar-refractivity contribution in [1.29, 1.82) is 0 Å². The van der Waals surface area contributed by atoms with E-state index < -0.39 is 0 Å². The first-order valence-electron chi connectivity index (χ1n) is 8.41. The highest BCUT2D eigenvalue weighted by Crippen LogP contribution is 2.11. The number of carbonyl (C=O) groups excluding carboxylic acids is 3. The van der Waals surface area contributed by atoms with Crippen LogP contribution in [-0.4, -0.2) is 17.7 Å². The average Bonchev–Trinajstić information content (AvgIpc) is 2.52. The number of carbonyl (C=O) groups is 3. The van der Waals surface area contributed by atoms with Gasteiger partial charge < -0.3 is 5.32 Å². The molecule has 132 valence electrons. The maximum absolute atomic E-state index is 11.9. The minimum absolute atomic E-state index is 0.0541. The predicted octanol–water partition coefficient (Wildman–Crippen LogP) is 3.01. The van der Waals surface area contributed by atoms with E-state index in [0.29, 0.717) is 24.1 Å². The number of hydrogen-bond donors (Lipinski definition) is 3. The van der Waals surface area contributed by atoms with Crippen LogP contribution in [-0.2, 0) is 9.59 Å². The summed E-state index contributed by atoms with van der Waals surface area (Å²) in [6, 6.07) is 6.53. The summed E-state index contributed by atoms with van der Waals surface area (Å²) in [4.78, 5) is 35.2. The molecule has 1 aromatic carbocycles. The zero-order chi connectivity index (χ0) is 17.9. The molecule has 0 radical (unpaired) electrons.